The molecule has 0 aromatic rings. The summed E-state index contributed by atoms with van der Waals surface area (Å²) >= 11 is 0. The Kier molecular flexibility index (Phi) is 4.78. The van der Waals surface area contributed by atoms with E-state index in [1.807, 2.05) is 18.7 Å². The van der Waals surface area contributed by atoms with Crippen molar-refractivity contribution in [1.29, 1.82) is 0 Å². The second-order valence-corrected chi connectivity index (χ2v) is 4.78. The number of likely N-dealkylation sites (tertiary alicyclic amines) is 1. The van der Waals surface area contributed by atoms with Crippen LogP contribution in [0.15, 0.2) is 0 Å². The molecule has 0 N–H and O–H groups in total. The Morgan fingerprint density at radius 3 is 2.24 bits per heavy atom. The van der Waals surface area contributed by atoms with E-state index in [9.17, 15) is 9.59 Å². The maximum atomic E-state index is 11.7. The van der Waals surface area contributed by atoms with Gasteiger partial charge in [0.15, 0.2) is 0 Å². The Morgan fingerprint density at radius 2 is 1.82 bits per heavy atom. The highest BCUT2D eigenvalue weighted by molar-refractivity contribution is 5.73. The summed E-state index contributed by atoms with van der Waals surface area (Å²) in [7, 11) is 1.76. The zero-order valence-corrected chi connectivity index (χ0v) is 11.1. The molecule has 0 bridgehead atoms. The third-order valence-electron chi connectivity index (χ3n) is 3.08. The Morgan fingerprint density at radius 1 is 1.29 bits per heavy atom. The molecule has 0 spiro atoms. The van der Waals surface area contributed by atoms with Gasteiger partial charge < -0.3 is 14.5 Å². The van der Waals surface area contributed by atoms with Gasteiger partial charge in [0.1, 0.15) is 0 Å². The molecule has 0 aliphatic carbocycles. The van der Waals surface area contributed by atoms with Crippen LogP contribution in [0, 0.1) is 0 Å². The summed E-state index contributed by atoms with van der Waals surface area (Å²) in [5, 5.41) is 0. The van der Waals surface area contributed by atoms with Gasteiger partial charge in [0, 0.05) is 33.1 Å². The molecule has 5 nitrogen and oxygen atoms in total. The first-order chi connectivity index (χ1) is 7.91. The van der Waals surface area contributed by atoms with Crippen LogP contribution < -0.4 is 0 Å². The summed E-state index contributed by atoms with van der Waals surface area (Å²) in [4.78, 5) is 26.3. The molecule has 1 aliphatic heterocycles. The molecule has 5 heteroatoms. The smallest absolute Gasteiger partial charge is 0.410 e. The van der Waals surface area contributed by atoms with E-state index in [2.05, 4.69) is 0 Å². The number of carbonyl (C=O) groups excluding carboxylic acids is 2. The van der Waals surface area contributed by atoms with Gasteiger partial charge in [0.05, 0.1) is 6.10 Å². The van der Waals surface area contributed by atoms with Gasteiger partial charge in [-0.1, -0.05) is 0 Å². The molecule has 0 aromatic carbocycles. The van der Waals surface area contributed by atoms with Crippen LogP contribution in [0.4, 0.5) is 4.79 Å². The largest absolute Gasteiger partial charge is 0.447 e. The van der Waals surface area contributed by atoms with Crippen molar-refractivity contribution in [3.63, 3.8) is 0 Å². The number of rotatable bonds is 2. The van der Waals surface area contributed by atoms with Gasteiger partial charge in [-0.05, 0) is 26.7 Å². The molecule has 0 unspecified atom stereocenters. The number of piperidine rings is 1. The van der Waals surface area contributed by atoms with Gasteiger partial charge in [-0.3, -0.25) is 4.79 Å². The first kappa shape index (κ1) is 13.8. The van der Waals surface area contributed by atoms with Crippen LogP contribution in [0.2, 0.25) is 0 Å². The number of nitrogens with zero attached hydrogens (tertiary/aromatic N) is 2. The van der Waals surface area contributed by atoms with Crippen molar-refractivity contribution >= 4 is 12.0 Å². The fraction of sp³-hybridized carbons (Fsp3) is 0.833. The van der Waals surface area contributed by atoms with E-state index in [0.29, 0.717) is 0 Å². The lowest BCUT2D eigenvalue weighted by molar-refractivity contribution is -0.130. The minimum atomic E-state index is -0.277. The number of hydrogen-bond acceptors (Lipinski definition) is 3. The van der Waals surface area contributed by atoms with Crippen molar-refractivity contribution in [2.24, 2.45) is 0 Å². The van der Waals surface area contributed by atoms with Crippen LogP contribution >= 0.6 is 0 Å². The summed E-state index contributed by atoms with van der Waals surface area (Å²) in [5.74, 6) is 0.107. The fourth-order valence-corrected chi connectivity index (χ4v) is 2.00. The van der Waals surface area contributed by atoms with Crippen molar-refractivity contribution in [3.8, 4) is 0 Å². The summed E-state index contributed by atoms with van der Waals surface area (Å²) < 4.78 is 5.15. The monoisotopic (exact) mass is 242 g/mol. The van der Waals surface area contributed by atoms with Crippen molar-refractivity contribution in [2.75, 3.05) is 20.1 Å². The quantitative estimate of drug-likeness (QED) is 0.737. The summed E-state index contributed by atoms with van der Waals surface area (Å²) in [6.45, 7) is 6.70. The summed E-state index contributed by atoms with van der Waals surface area (Å²) in [5.41, 5.74) is 0. The van der Waals surface area contributed by atoms with E-state index in [1.54, 1.807) is 18.9 Å². The highest BCUT2D eigenvalue weighted by Gasteiger charge is 2.27. The van der Waals surface area contributed by atoms with Gasteiger partial charge in [0.2, 0.25) is 5.91 Å². The maximum absolute atomic E-state index is 11.7. The van der Waals surface area contributed by atoms with Crippen LogP contribution in [-0.2, 0) is 9.53 Å². The molecule has 1 heterocycles. The number of ether oxygens (including phenoxy) is 1. The van der Waals surface area contributed by atoms with E-state index in [-0.39, 0.29) is 24.1 Å². The zero-order valence-electron chi connectivity index (χ0n) is 11.1. The Hall–Kier alpha value is -1.26. The van der Waals surface area contributed by atoms with E-state index in [0.717, 1.165) is 25.9 Å². The number of amides is 2. The Bertz CT molecular complexity index is 283. The van der Waals surface area contributed by atoms with E-state index >= 15 is 0 Å². The topological polar surface area (TPSA) is 49.9 Å². The predicted octanol–water partition coefficient (Wildman–Crippen LogP) is 1.47. The molecular formula is C12H22N2O3. The summed E-state index contributed by atoms with van der Waals surface area (Å²) in [6, 6.07) is 0.178. The number of carbonyl (C=O) groups is 2. The molecule has 1 saturated heterocycles. The highest BCUT2D eigenvalue weighted by Crippen LogP contribution is 2.16. The molecule has 1 aliphatic rings. The van der Waals surface area contributed by atoms with Crippen LogP contribution in [0.1, 0.15) is 33.6 Å². The molecule has 0 atom stereocenters. The standard InChI is InChI=1S/C12H22N2O3/c1-9(2)17-12(16)13(4)11-5-7-14(8-6-11)10(3)15/h9,11H,5-8H2,1-4H3. The lowest BCUT2D eigenvalue weighted by Crippen LogP contribution is -2.47. The van der Waals surface area contributed by atoms with Gasteiger partial charge in [0.25, 0.3) is 0 Å². The summed E-state index contributed by atoms with van der Waals surface area (Å²) in [6.07, 6.45) is 1.27. The van der Waals surface area contributed by atoms with Crippen LogP contribution in [0.25, 0.3) is 0 Å². The van der Waals surface area contributed by atoms with Crippen LogP contribution in [0.5, 0.6) is 0 Å². The molecule has 0 saturated carbocycles. The second kappa shape index (κ2) is 5.89. The second-order valence-electron chi connectivity index (χ2n) is 4.78. The molecular weight excluding hydrogens is 220 g/mol. The highest BCUT2D eigenvalue weighted by atomic mass is 16.6. The van der Waals surface area contributed by atoms with E-state index in [1.165, 1.54) is 0 Å². The molecule has 1 rings (SSSR count). The number of hydrogen-bond donors (Lipinski definition) is 0. The lowest BCUT2D eigenvalue weighted by atomic mass is 10.0. The van der Waals surface area contributed by atoms with Gasteiger partial charge in [-0.25, -0.2) is 4.79 Å². The zero-order chi connectivity index (χ0) is 13.0. The first-order valence-electron chi connectivity index (χ1n) is 6.10. The molecule has 0 radical (unpaired) electrons. The van der Waals surface area contributed by atoms with Crippen LogP contribution in [-0.4, -0.2) is 54.1 Å². The van der Waals surface area contributed by atoms with E-state index < -0.39 is 0 Å². The maximum Gasteiger partial charge on any atom is 0.410 e. The minimum Gasteiger partial charge on any atom is -0.447 e. The molecule has 1 fully saturated rings. The predicted molar refractivity (Wildman–Crippen MR) is 64.7 cm³/mol. The van der Waals surface area contributed by atoms with E-state index in [4.69, 9.17) is 4.74 Å². The van der Waals surface area contributed by atoms with Crippen molar-refractivity contribution < 1.29 is 14.3 Å². The van der Waals surface area contributed by atoms with Crippen molar-refractivity contribution in [1.82, 2.24) is 9.80 Å². The Labute approximate surface area is 103 Å². The average Bonchev–Trinajstić information content (AvgIpc) is 2.27. The van der Waals surface area contributed by atoms with Crippen molar-refractivity contribution in [2.45, 2.75) is 45.8 Å². The molecule has 2 amide bonds. The van der Waals surface area contributed by atoms with Crippen LogP contribution in [0.3, 0.4) is 0 Å². The minimum absolute atomic E-state index is 0.0951. The Balaban J connectivity index is 2.42. The van der Waals surface area contributed by atoms with Crippen molar-refractivity contribution in [3.05, 3.63) is 0 Å². The fourth-order valence-electron chi connectivity index (χ4n) is 2.00. The van der Waals surface area contributed by atoms with Gasteiger partial charge in [-0.15, -0.1) is 0 Å². The van der Waals surface area contributed by atoms with Gasteiger partial charge >= 0.3 is 6.09 Å². The molecule has 0 aromatic heterocycles. The van der Waals surface area contributed by atoms with Gasteiger partial charge in [-0.2, -0.15) is 0 Å². The normalized spacial score (nSPS) is 17.1. The third-order valence-corrected chi connectivity index (χ3v) is 3.08. The lowest BCUT2D eigenvalue weighted by Gasteiger charge is -2.36. The average molecular weight is 242 g/mol. The first-order valence-corrected chi connectivity index (χ1v) is 6.10. The third kappa shape index (κ3) is 3.91. The SMILES string of the molecule is CC(=O)N1CCC(N(C)C(=O)OC(C)C)CC1. The molecule has 98 valence electrons. The molecule has 17 heavy (non-hydrogen) atoms.